The fraction of sp³-hybridized carbons (Fsp3) is 0.273. The van der Waals surface area contributed by atoms with E-state index in [0.717, 1.165) is 23.9 Å². The van der Waals surface area contributed by atoms with E-state index in [1.54, 1.807) is 17.0 Å². The number of rotatable bonds is 5. The summed E-state index contributed by atoms with van der Waals surface area (Å²) < 4.78 is 27.2. The smallest absolute Gasteiger partial charge is 0.228 e. The van der Waals surface area contributed by atoms with Crippen LogP contribution in [-0.2, 0) is 17.6 Å². The first-order chi connectivity index (χ1) is 14.4. The molecule has 6 nitrogen and oxygen atoms in total. The minimum Gasteiger partial charge on any atom is -0.397 e. The molecule has 1 amide bonds. The summed E-state index contributed by atoms with van der Waals surface area (Å²) in [5.74, 6) is -0.355. The first-order valence-electron chi connectivity index (χ1n) is 9.65. The molecule has 3 aromatic rings. The molecule has 2 N–H and O–H groups in total. The predicted molar refractivity (Wildman–Crippen MR) is 108 cm³/mol. The number of hydrogen-bond acceptors (Lipinski definition) is 5. The molecule has 2 aromatic heterocycles. The van der Waals surface area contributed by atoms with Crippen LogP contribution in [0.1, 0.15) is 17.1 Å². The van der Waals surface area contributed by atoms with Crippen LogP contribution >= 0.6 is 0 Å². The van der Waals surface area contributed by atoms with E-state index in [0.29, 0.717) is 36.1 Å². The molecule has 0 aliphatic carbocycles. The number of aryl methyl sites for hydroxylation is 1. The normalized spacial score (nSPS) is 13.9. The number of hydrogen-bond donors (Lipinski definition) is 1. The van der Waals surface area contributed by atoms with Crippen LogP contribution in [0.5, 0.6) is 0 Å². The van der Waals surface area contributed by atoms with Crippen LogP contribution in [0.15, 0.2) is 42.7 Å². The minimum absolute atomic E-state index is 0.0306. The van der Waals surface area contributed by atoms with Crippen molar-refractivity contribution < 1.29 is 13.6 Å². The van der Waals surface area contributed by atoms with E-state index < -0.39 is 11.6 Å². The molecule has 1 aliphatic heterocycles. The number of benzene rings is 1. The molecule has 8 heteroatoms. The molecule has 0 radical (unpaired) electrons. The molecule has 154 valence electrons. The van der Waals surface area contributed by atoms with Gasteiger partial charge in [-0.2, -0.15) is 0 Å². The highest BCUT2D eigenvalue weighted by Gasteiger charge is 2.31. The van der Waals surface area contributed by atoms with Crippen molar-refractivity contribution in [3.05, 3.63) is 71.4 Å². The Balaban J connectivity index is 1.39. The van der Waals surface area contributed by atoms with Crippen molar-refractivity contribution in [2.45, 2.75) is 19.8 Å². The van der Waals surface area contributed by atoms with Gasteiger partial charge in [-0.3, -0.25) is 9.78 Å². The Hall–Kier alpha value is -3.42. The summed E-state index contributed by atoms with van der Waals surface area (Å²) in [6.07, 6.45) is 4.49. The molecule has 1 fully saturated rings. The molecule has 1 saturated heterocycles. The molecule has 0 atom stereocenters. The maximum atomic E-state index is 14.1. The topological polar surface area (TPSA) is 85.0 Å². The third kappa shape index (κ3) is 4.27. The first kappa shape index (κ1) is 19.9. The van der Waals surface area contributed by atoms with Gasteiger partial charge in [-0.15, -0.1) is 0 Å². The maximum absolute atomic E-state index is 14.1. The van der Waals surface area contributed by atoms with E-state index in [1.807, 2.05) is 19.3 Å². The van der Waals surface area contributed by atoms with Crippen LogP contribution in [0.4, 0.5) is 14.5 Å². The highest BCUT2D eigenvalue weighted by molar-refractivity contribution is 5.81. The van der Waals surface area contributed by atoms with Gasteiger partial charge in [-0.05, 0) is 49.1 Å². The number of halogens is 2. The van der Waals surface area contributed by atoms with Gasteiger partial charge in [-0.25, -0.2) is 18.7 Å². The second kappa shape index (κ2) is 8.14. The lowest BCUT2D eigenvalue weighted by Crippen LogP contribution is -2.51. The van der Waals surface area contributed by atoms with Crippen LogP contribution in [0.25, 0.3) is 11.3 Å². The molecule has 4 rings (SSSR count). The highest BCUT2D eigenvalue weighted by Crippen LogP contribution is 2.25. The van der Waals surface area contributed by atoms with Gasteiger partial charge in [0.2, 0.25) is 5.91 Å². The third-order valence-electron chi connectivity index (χ3n) is 5.20. The molecule has 3 heterocycles. The minimum atomic E-state index is -0.713. The van der Waals surface area contributed by atoms with Gasteiger partial charge in [-0.1, -0.05) is 0 Å². The van der Waals surface area contributed by atoms with E-state index in [-0.39, 0.29) is 17.9 Å². The Bertz CT molecular complexity index is 1080. The summed E-state index contributed by atoms with van der Waals surface area (Å²) in [6.45, 7) is 3.14. The average molecular weight is 409 g/mol. The fourth-order valence-corrected chi connectivity index (χ4v) is 3.52. The van der Waals surface area contributed by atoms with E-state index >= 15 is 0 Å². The van der Waals surface area contributed by atoms with Gasteiger partial charge in [0.05, 0.1) is 23.5 Å². The molecular weight excluding hydrogens is 388 g/mol. The lowest BCUT2D eigenvalue weighted by molar-refractivity contribution is -0.136. The Kier molecular flexibility index (Phi) is 5.39. The Morgan fingerprint density at radius 2 is 1.90 bits per heavy atom. The average Bonchev–Trinajstić information content (AvgIpc) is 2.67. The van der Waals surface area contributed by atoms with Crippen molar-refractivity contribution in [1.29, 1.82) is 0 Å². The van der Waals surface area contributed by atoms with Crippen molar-refractivity contribution in [2.24, 2.45) is 5.92 Å². The third-order valence-corrected chi connectivity index (χ3v) is 5.20. The number of nitrogens with zero attached hydrogens (tertiary/aromatic N) is 4. The second-order valence-corrected chi connectivity index (χ2v) is 7.54. The largest absolute Gasteiger partial charge is 0.397 e. The Labute approximate surface area is 172 Å². The van der Waals surface area contributed by atoms with E-state index in [4.69, 9.17) is 5.73 Å². The summed E-state index contributed by atoms with van der Waals surface area (Å²) >= 11 is 0. The molecule has 0 saturated carbocycles. The lowest BCUT2D eigenvalue weighted by Gasteiger charge is -2.39. The van der Waals surface area contributed by atoms with Crippen molar-refractivity contribution in [1.82, 2.24) is 19.9 Å². The van der Waals surface area contributed by atoms with Crippen LogP contribution in [0.2, 0.25) is 0 Å². The zero-order chi connectivity index (χ0) is 21.3. The predicted octanol–water partition coefficient (Wildman–Crippen LogP) is 2.95. The number of anilines is 1. The van der Waals surface area contributed by atoms with Crippen LogP contribution in [0.3, 0.4) is 0 Å². The van der Waals surface area contributed by atoms with E-state index in [1.165, 1.54) is 12.1 Å². The number of aromatic nitrogens is 3. The van der Waals surface area contributed by atoms with Crippen LogP contribution in [-0.4, -0.2) is 38.8 Å². The lowest BCUT2D eigenvalue weighted by atomic mass is 9.93. The summed E-state index contributed by atoms with van der Waals surface area (Å²) in [5, 5.41) is 0. The van der Waals surface area contributed by atoms with Gasteiger partial charge >= 0.3 is 0 Å². The van der Waals surface area contributed by atoms with Gasteiger partial charge in [0.15, 0.2) is 0 Å². The van der Waals surface area contributed by atoms with Crippen molar-refractivity contribution in [3.63, 3.8) is 0 Å². The quantitative estimate of drug-likeness (QED) is 0.700. The summed E-state index contributed by atoms with van der Waals surface area (Å²) in [6, 6.07) is 6.44. The summed E-state index contributed by atoms with van der Waals surface area (Å²) in [4.78, 5) is 27.1. The molecule has 30 heavy (non-hydrogen) atoms. The van der Waals surface area contributed by atoms with Crippen molar-refractivity contribution >= 4 is 11.6 Å². The Morgan fingerprint density at radius 1 is 1.17 bits per heavy atom. The van der Waals surface area contributed by atoms with Crippen LogP contribution in [0, 0.1) is 24.5 Å². The summed E-state index contributed by atoms with van der Waals surface area (Å²) in [5.41, 5.74) is 8.25. The molecule has 1 aromatic carbocycles. The zero-order valence-electron chi connectivity index (χ0n) is 16.5. The maximum Gasteiger partial charge on any atom is 0.228 e. The zero-order valence-corrected chi connectivity index (χ0v) is 16.5. The number of nitrogen functional groups attached to an aromatic ring is 1. The molecule has 0 spiro atoms. The van der Waals surface area contributed by atoms with Crippen LogP contribution < -0.4 is 5.73 Å². The van der Waals surface area contributed by atoms with Gasteiger partial charge < -0.3 is 10.6 Å². The molecular formula is C22H21F2N5O. The van der Waals surface area contributed by atoms with Crippen molar-refractivity contribution in [3.8, 4) is 11.3 Å². The second-order valence-electron chi connectivity index (χ2n) is 7.54. The SMILES string of the molecule is Cc1ncc(CC2CN(C(=O)Cc3nc(-c4ccc(F)cc4F)ccc3N)C2)cn1. The molecule has 0 unspecified atom stereocenters. The highest BCUT2D eigenvalue weighted by atomic mass is 19.1. The first-order valence-corrected chi connectivity index (χ1v) is 9.65. The standard InChI is InChI=1S/C22H21F2N5O/c1-13-26-9-14(10-27-13)6-15-11-29(12-15)22(30)8-21-19(25)4-5-20(28-21)17-3-2-16(23)7-18(17)24/h2-5,7,9-10,15H,6,8,11-12,25H2,1H3. The van der Waals surface area contributed by atoms with Gasteiger partial charge in [0, 0.05) is 37.1 Å². The van der Waals surface area contributed by atoms with Crippen molar-refractivity contribution in [2.75, 3.05) is 18.8 Å². The van der Waals surface area contributed by atoms with E-state index in [2.05, 4.69) is 15.0 Å². The van der Waals surface area contributed by atoms with E-state index in [9.17, 15) is 13.6 Å². The number of carbonyl (C=O) groups excluding carboxylic acids is 1. The van der Waals surface area contributed by atoms with Gasteiger partial charge in [0.25, 0.3) is 0 Å². The number of pyridine rings is 1. The number of carbonyl (C=O) groups is 1. The fourth-order valence-electron chi connectivity index (χ4n) is 3.52. The van der Waals surface area contributed by atoms with Gasteiger partial charge in [0.1, 0.15) is 17.5 Å². The summed E-state index contributed by atoms with van der Waals surface area (Å²) in [7, 11) is 0. The molecule has 1 aliphatic rings. The number of amides is 1. The number of likely N-dealkylation sites (tertiary alicyclic amines) is 1. The number of nitrogens with two attached hydrogens (primary N) is 1. The molecule has 0 bridgehead atoms. The monoisotopic (exact) mass is 409 g/mol. The Morgan fingerprint density at radius 3 is 2.60 bits per heavy atom.